The van der Waals surface area contributed by atoms with Crippen molar-refractivity contribution in [1.82, 2.24) is 14.9 Å². The predicted octanol–water partition coefficient (Wildman–Crippen LogP) is 3.69. The van der Waals surface area contributed by atoms with Crippen LogP contribution in [0.4, 0.5) is 26.3 Å². The lowest BCUT2D eigenvalue weighted by Gasteiger charge is -2.32. The van der Waals surface area contributed by atoms with Crippen LogP contribution in [0.2, 0.25) is 0 Å². The molecule has 2 N–H and O–H groups in total. The first kappa shape index (κ1) is 30.9. The minimum atomic E-state index is -5.08. The molecule has 38 heavy (non-hydrogen) atoms. The van der Waals surface area contributed by atoms with Crippen LogP contribution in [0.15, 0.2) is 49.1 Å². The molecular formula is C23H25F6N3O6. The van der Waals surface area contributed by atoms with Gasteiger partial charge in [0.15, 0.2) is 0 Å². The third-order valence-corrected chi connectivity index (χ3v) is 5.39. The molecule has 2 aliphatic rings. The van der Waals surface area contributed by atoms with Crippen molar-refractivity contribution in [3.63, 3.8) is 0 Å². The molecular weight excluding hydrogens is 528 g/mol. The fourth-order valence-electron chi connectivity index (χ4n) is 3.74. The molecule has 0 bridgehead atoms. The van der Waals surface area contributed by atoms with Crippen molar-refractivity contribution in [2.45, 2.75) is 56.6 Å². The Balaban J connectivity index is 0.000000301. The molecule has 2 aliphatic heterocycles. The number of ether oxygens (including phenoxy) is 2. The highest BCUT2D eigenvalue weighted by Gasteiger charge is 2.44. The summed E-state index contributed by atoms with van der Waals surface area (Å²) in [6.07, 6.45) is -0.173. The minimum absolute atomic E-state index is 0.125. The average Bonchev–Trinajstić information content (AvgIpc) is 3.21. The smallest absolute Gasteiger partial charge is 0.475 e. The van der Waals surface area contributed by atoms with Crippen molar-refractivity contribution in [2.75, 3.05) is 13.2 Å². The van der Waals surface area contributed by atoms with E-state index in [0.717, 1.165) is 31.7 Å². The van der Waals surface area contributed by atoms with Gasteiger partial charge in [-0.05, 0) is 42.2 Å². The first-order valence-corrected chi connectivity index (χ1v) is 11.1. The lowest BCUT2D eigenvalue weighted by Crippen LogP contribution is -2.41. The molecule has 0 spiro atoms. The monoisotopic (exact) mass is 553 g/mol. The topological polar surface area (TPSA) is 122 Å². The number of aliphatic carboxylic acids is 2. The van der Waals surface area contributed by atoms with Gasteiger partial charge in [-0.3, -0.25) is 14.9 Å². The van der Waals surface area contributed by atoms with E-state index >= 15 is 0 Å². The molecule has 0 saturated carbocycles. The Labute approximate surface area is 213 Å². The van der Waals surface area contributed by atoms with Gasteiger partial charge in [-0.2, -0.15) is 26.3 Å². The van der Waals surface area contributed by atoms with Gasteiger partial charge in [-0.1, -0.05) is 6.07 Å². The zero-order valence-electron chi connectivity index (χ0n) is 19.7. The van der Waals surface area contributed by atoms with E-state index in [-0.39, 0.29) is 12.2 Å². The summed E-state index contributed by atoms with van der Waals surface area (Å²) in [7, 11) is 0. The van der Waals surface area contributed by atoms with Gasteiger partial charge in [-0.25, -0.2) is 9.59 Å². The Morgan fingerprint density at radius 1 is 0.974 bits per heavy atom. The average molecular weight is 553 g/mol. The second kappa shape index (κ2) is 14.0. The molecule has 3 atom stereocenters. The second-order valence-corrected chi connectivity index (χ2v) is 8.15. The Morgan fingerprint density at radius 3 is 2.11 bits per heavy atom. The van der Waals surface area contributed by atoms with Crippen LogP contribution in [-0.2, 0) is 32.2 Å². The zero-order chi connectivity index (χ0) is 28.3. The van der Waals surface area contributed by atoms with Crippen molar-refractivity contribution in [3.8, 4) is 0 Å². The van der Waals surface area contributed by atoms with Crippen molar-refractivity contribution in [1.29, 1.82) is 0 Å². The summed E-state index contributed by atoms with van der Waals surface area (Å²) >= 11 is 0. The molecule has 0 aliphatic carbocycles. The molecule has 2 aromatic rings. The lowest BCUT2D eigenvalue weighted by atomic mass is 10.0. The highest BCUT2D eigenvalue weighted by Crippen LogP contribution is 2.32. The maximum atomic E-state index is 10.6. The van der Waals surface area contributed by atoms with Gasteiger partial charge in [0.25, 0.3) is 0 Å². The molecule has 0 unspecified atom stereocenters. The maximum absolute atomic E-state index is 10.6. The molecule has 15 heteroatoms. The third kappa shape index (κ3) is 10.2. The number of alkyl halides is 6. The summed E-state index contributed by atoms with van der Waals surface area (Å²) in [5.74, 6) is -5.51. The molecule has 2 saturated heterocycles. The van der Waals surface area contributed by atoms with Gasteiger partial charge in [0.2, 0.25) is 0 Å². The fourth-order valence-corrected chi connectivity index (χ4v) is 3.74. The molecule has 4 heterocycles. The Morgan fingerprint density at radius 2 is 1.58 bits per heavy atom. The first-order chi connectivity index (χ1) is 17.8. The molecule has 2 aromatic heterocycles. The van der Waals surface area contributed by atoms with Gasteiger partial charge < -0.3 is 19.7 Å². The number of pyridine rings is 2. The van der Waals surface area contributed by atoms with E-state index < -0.39 is 24.3 Å². The Kier molecular flexibility index (Phi) is 11.4. The van der Waals surface area contributed by atoms with Crippen molar-refractivity contribution >= 4 is 11.9 Å². The molecule has 2 fully saturated rings. The molecule has 0 amide bonds. The second-order valence-electron chi connectivity index (χ2n) is 8.15. The van der Waals surface area contributed by atoms with Gasteiger partial charge in [0, 0.05) is 50.5 Å². The Bertz CT molecular complexity index is 986. The zero-order valence-corrected chi connectivity index (χ0v) is 19.7. The van der Waals surface area contributed by atoms with E-state index in [4.69, 9.17) is 29.3 Å². The van der Waals surface area contributed by atoms with Gasteiger partial charge in [0.05, 0.1) is 12.7 Å². The largest absolute Gasteiger partial charge is 0.490 e. The number of hydrogen-bond donors (Lipinski definition) is 2. The van der Waals surface area contributed by atoms with Crippen LogP contribution in [0, 0.1) is 0 Å². The van der Waals surface area contributed by atoms with Crippen molar-refractivity contribution in [2.24, 2.45) is 0 Å². The van der Waals surface area contributed by atoms with Crippen molar-refractivity contribution < 1.29 is 55.6 Å². The summed E-state index contributed by atoms with van der Waals surface area (Å²) < 4.78 is 75.8. The number of likely N-dealkylation sites (tertiary alicyclic amines) is 1. The molecule has 210 valence electrons. The fraction of sp³-hybridized carbons (Fsp3) is 0.478. The van der Waals surface area contributed by atoms with Crippen LogP contribution >= 0.6 is 0 Å². The number of nitrogens with zero attached hydrogens (tertiary/aromatic N) is 3. The molecule has 0 radical (unpaired) electrons. The summed E-state index contributed by atoms with van der Waals surface area (Å²) in [6.45, 7) is 3.28. The Hall–Kier alpha value is -3.30. The van der Waals surface area contributed by atoms with Crippen LogP contribution in [-0.4, -0.2) is 80.8 Å². The minimum Gasteiger partial charge on any atom is -0.475 e. The van der Waals surface area contributed by atoms with E-state index in [0.29, 0.717) is 12.6 Å². The summed E-state index contributed by atoms with van der Waals surface area (Å²) in [4.78, 5) is 28.6. The number of carbonyl (C=O) groups is 2. The van der Waals surface area contributed by atoms with E-state index in [1.807, 2.05) is 43.0 Å². The number of hydrogen-bond acceptors (Lipinski definition) is 7. The van der Waals surface area contributed by atoms with Gasteiger partial charge >= 0.3 is 24.3 Å². The number of carboxylic acids is 2. The normalized spacial score (nSPS) is 21.3. The number of aromatic nitrogens is 2. The quantitative estimate of drug-likeness (QED) is 0.534. The van der Waals surface area contributed by atoms with Crippen LogP contribution in [0.3, 0.4) is 0 Å². The van der Waals surface area contributed by atoms with Crippen LogP contribution in [0.1, 0.15) is 24.0 Å². The summed E-state index contributed by atoms with van der Waals surface area (Å²) in [5, 5.41) is 14.2. The van der Waals surface area contributed by atoms with E-state index in [1.165, 1.54) is 12.0 Å². The van der Waals surface area contributed by atoms with E-state index in [1.54, 1.807) is 0 Å². The van der Waals surface area contributed by atoms with Crippen LogP contribution in [0.5, 0.6) is 0 Å². The molecule has 0 aromatic carbocycles. The predicted molar refractivity (Wildman–Crippen MR) is 118 cm³/mol. The number of carboxylic acid groups (broad SMARTS) is 2. The van der Waals surface area contributed by atoms with Crippen molar-refractivity contribution in [3.05, 3.63) is 60.2 Å². The number of fused-ring (bicyclic) bond motifs is 1. The summed E-state index contributed by atoms with van der Waals surface area (Å²) in [6, 6.07) is 8.58. The van der Waals surface area contributed by atoms with E-state index in [2.05, 4.69) is 20.9 Å². The molecule has 4 rings (SSSR count). The highest BCUT2D eigenvalue weighted by molar-refractivity contribution is 5.73. The van der Waals surface area contributed by atoms with E-state index in [9.17, 15) is 26.3 Å². The number of halogens is 6. The maximum Gasteiger partial charge on any atom is 0.490 e. The van der Waals surface area contributed by atoms with Gasteiger partial charge in [0.1, 0.15) is 6.10 Å². The van der Waals surface area contributed by atoms with Gasteiger partial charge in [-0.15, -0.1) is 0 Å². The standard InChI is InChI=1S/C19H23N3O2.2C2HF3O2/c1-3-16(11-21-7-1)12-22-13-18(19-17(22)4-2-10-23-19)24-14-15-5-8-20-9-6-15;2*3-2(4,5)1(6)7/h1,3,5-9,11,17-19H,2,4,10,12-14H2;2*(H,6,7)/t17-,18+,19+;;/m1../s1. The first-order valence-electron chi connectivity index (χ1n) is 11.1. The number of rotatable bonds is 5. The molecule has 9 nitrogen and oxygen atoms in total. The highest BCUT2D eigenvalue weighted by atomic mass is 19.4. The summed E-state index contributed by atoms with van der Waals surface area (Å²) in [5.41, 5.74) is 2.40. The van der Waals surface area contributed by atoms with Crippen LogP contribution < -0.4 is 0 Å². The van der Waals surface area contributed by atoms with Crippen LogP contribution in [0.25, 0.3) is 0 Å². The third-order valence-electron chi connectivity index (χ3n) is 5.39. The lowest BCUT2D eigenvalue weighted by molar-refractivity contribution is -0.193. The SMILES string of the molecule is O=C(O)C(F)(F)F.O=C(O)C(F)(F)F.c1cncc(CN2C[C@H](OCc3ccncc3)[C@H]3OCCC[C@H]32)c1.